The molecule has 1 aromatic carbocycles. The summed E-state index contributed by atoms with van der Waals surface area (Å²) in [7, 11) is 0. The van der Waals surface area contributed by atoms with Crippen molar-refractivity contribution in [2.45, 2.75) is 37.2 Å². The number of aliphatic hydroxyl groups is 1. The maximum Gasteiger partial charge on any atom is 0.147 e. The molecule has 1 N–H and O–H groups in total. The van der Waals surface area contributed by atoms with Gasteiger partial charge in [-0.05, 0) is 24.5 Å². The zero-order valence-corrected chi connectivity index (χ0v) is 11.3. The second kappa shape index (κ2) is 5.33. The van der Waals surface area contributed by atoms with Crippen molar-refractivity contribution in [1.29, 1.82) is 0 Å². The topological polar surface area (TPSA) is 33.1 Å². The molecule has 1 aliphatic carbocycles. The third kappa shape index (κ3) is 2.12. The number of hydrogen-bond acceptors (Lipinski definition) is 2. The highest BCUT2D eigenvalue weighted by Crippen LogP contribution is 2.49. The normalized spacial score (nSPS) is 18.9. The summed E-state index contributed by atoms with van der Waals surface area (Å²) >= 11 is 0. The molecule has 2 aromatic rings. The summed E-state index contributed by atoms with van der Waals surface area (Å²) in [5.74, 6) is -0.429. The molecule has 0 saturated heterocycles. The third-order valence-corrected chi connectivity index (χ3v) is 4.47. The first-order chi connectivity index (χ1) is 9.74. The van der Waals surface area contributed by atoms with Gasteiger partial charge in [0.2, 0.25) is 0 Å². The lowest BCUT2D eigenvalue weighted by molar-refractivity contribution is 0.0787. The van der Waals surface area contributed by atoms with Crippen LogP contribution in [0.1, 0.15) is 42.9 Å². The molecule has 2 nitrogen and oxygen atoms in total. The average Bonchev–Trinajstić information content (AvgIpc) is 2.99. The van der Waals surface area contributed by atoms with Gasteiger partial charge in [0.05, 0.1) is 12.3 Å². The molecule has 1 unspecified atom stereocenters. The lowest BCUT2D eigenvalue weighted by Crippen LogP contribution is -2.31. The van der Waals surface area contributed by atoms with Gasteiger partial charge in [-0.15, -0.1) is 0 Å². The molecule has 1 aliphatic rings. The van der Waals surface area contributed by atoms with Crippen LogP contribution in [0, 0.1) is 5.82 Å². The minimum Gasteiger partial charge on any atom is -0.387 e. The van der Waals surface area contributed by atoms with Crippen molar-refractivity contribution in [3.05, 3.63) is 65.7 Å². The number of nitrogens with zero attached hydrogens (tertiary/aromatic N) is 1. The van der Waals surface area contributed by atoms with Crippen molar-refractivity contribution < 1.29 is 9.50 Å². The number of benzene rings is 1. The summed E-state index contributed by atoms with van der Waals surface area (Å²) in [4.78, 5) is 3.76. The molecule has 1 heterocycles. The van der Waals surface area contributed by atoms with E-state index in [1.807, 2.05) is 30.3 Å². The van der Waals surface area contributed by atoms with Crippen LogP contribution in [0.25, 0.3) is 0 Å². The predicted octanol–water partition coefficient (Wildman–Crippen LogP) is 3.77. The number of aromatic nitrogens is 1. The first kappa shape index (κ1) is 13.3. The monoisotopic (exact) mass is 271 g/mol. The van der Waals surface area contributed by atoms with Gasteiger partial charge >= 0.3 is 0 Å². The van der Waals surface area contributed by atoms with E-state index in [2.05, 4.69) is 4.98 Å². The third-order valence-electron chi connectivity index (χ3n) is 4.47. The Kier molecular flexibility index (Phi) is 3.53. The van der Waals surface area contributed by atoms with Gasteiger partial charge in [-0.2, -0.15) is 0 Å². The van der Waals surface area contributed by atoms with Crippen molar-refractivity contribution in [3.8, 4) is 0 Å². The van der Waals surface area contributed by atoms with Crippen LogP contribution in [0.15, 0.2) is 48.8 Å². The van der Waals surface area contributed by atoms with Crippen molar-refractivity contribution >= 4 is 0 Å². The second-order valence-corrected chi connectivity index (χ2v) is 5.53. The highest BCUT2D eigenvalue weighted by Gasteiger charge is 2.43. The van der Waals surface area contributed by atoms with Gasteiger partial charge in [-0.3, -0.25) is 4.98 Å². The highest BCUT2D eigenvalue weighted by atomic mass is 19.1. The Morgan fingerprint density at radius 1 is 1.10 bits per heavy atom. The standard InChI is InChI=1S/C17H18FNO/c18-15-12-19-11-8-14(15)16(20)17(9-4-5-10-17)13-6-2-1-3-7-13/h1-3,6-8,11-12,16,20H,4-5,9-10H2. The molecule has 3 heteroatoms. The number of rotatable bonds is 3. The van der Waals surface area contributed by atoms with Crippen LogP contribution in [-0.2, 0) is 5.41 Å². The molecule has 0 spiro atoms. The molecule has 1 atom stereocenters. The molecular formula is C17H18FNO. The van der Waals surface area contributed by atoms with Gasteiger partial charge in [-0.25, -0.2) is 4.39 Å². The lowest BCUT2D eigenvalue weighted by atomic mass is 9.72. The van der Waals surface area contributed by atoms with Crippen molar-refractivity contribution in [3.63, 3.8) is 0 Å². The maximum atomic E-state index is 14.0. The summed E-state index contributed by atoms with van der Waals surface area (Å²) in [5.41, 5.74) is 1.08. The van der Waals surface area contributed by atoms with E-state index in [0.717, 1.165) is 31.2 Å². The van der Waals surface area contributed by atoms with Gasteiger partial charge in [0.15, 0.2) is 0 Å². The van der Waals surface area contributed by atoms with Crippen molar-refractivity contribution in [2.75, 3.05) is 0 Å². The van der Waals surface area contributed by atoms with E-state index in [1.165, 1.54) is 12.4 Å². The van der Waals surface area contributed by atoms with Crippen molar-refractivity contribution in [2.24, 2.45) is 0 Å². The number of hydrogen-bond donors (Lipinski definition) is 1. The smallest absolute Gasteiger partial charge is 0.147 e. The fraction of sp³-hybridized carbons (Fsp3) is 0.353. The summed E-state index contributed by atoms with van der Waals surface area (Å²) in [6.45, 7) is 0. The van der Waals surface area contributed by atoms with E-state index in [1.54, 1.807) is 6.07 Å². The predicted molar refractivity (Wildman–Crippen MR) is 75.7 cm³/mol. The molecule has 20 heavy (non-hydrogen) atoms. The average molecular weight is 271 g/mol. The zero-order valence-electron chi connectivity index (χ0n) is 11.3. The number of aliphatic hydroxyl groups excluding tert-OH is 1. The Morgan fingerprint density at radius 2 is 1.80 bits per heavy atom. The van der Waals surface area contributed by atoms with E-state index < -0.39 is 11.9 Å². The van der Waals surface area contributed by atoms with Crippen LogP contribution in [-0.4, -0.2) is 10.1 Å². The quantitative estimate of drug-likeness (QED) is 0.922. The minimum atomic E-state index is -0.824. The first-order valence-corrected chi connectivity index (χ1v) is 7.07. The van der Waals surface area contributed by atoms with Gasteiger partial charge < -0.3 is 5.11 Å². The minimum absolute atomic E-state index is 0.353. The highest BCUT2D eigenvalue weighted by molar-refractivity contribution is 5.33. The summed E-state index contributed by atoms with van der Waals surface area (Å²) in [6, 6.07) is 11.6. The van der Waals surface area contributed by atoms with E-state index >= 15 is 0 Å². The van der Waals surface area contributed by atoms with E-state index in [9.17, 15) is 9.50 Å². The van der Waals surface area contributed by atoms with E-state index in [4.69, 9.17) is 0 Å². The van der Waals surface area contributed by atoms with Crippen molar-refractivity contribution in [1.82, 2.24) is 4.98 Å². The van der Waals surface area contributed by atoms with E-state index in [0.29, 0.717) is 5.56 Å². The molecule has 0 radical (unpaired) electrons. The van der Waals surface area contributed by atoms with Crippen LogP contribution in [0.5, 0.6) is 0 Å². The van der Waals surface area contributed by atoms with Crippen LogP contribution in [0.2, 0.25) is 0 Å². The fourth-order valence-corrected chi connectivity index (χ4v) is 3.40. The zero-order chi connectivity index (χ0) is 14.0. The number of pyridine rings is 1. The molecule has 1 saturated carbocycles. The Labute approximate surface area is 118 Å². The molecule has 1 fully saturated rings. The van der Waals surface area contributed by atoms with Gasteiger partial charge in [-0.1, -0.05) is 43.2 Å². The first-order valence-electron chi connectivity index (χ1n) is 7.07. The molecule has 0 aliphatic heterocycles. The largest absolute Gasteiger partial charge is 0.387 e. The molecular weight excluding hydrogens is 253 g/mol. The summed E-state index contributed by atoms with van der Waals surface area (Å²) in [5, 5.41) is 10.8. The van der Waals surface area contributed by atoms with Crippen LogP contribution in [0.3, 0.4) is 0 Å². The van der Waals surface area contributed by atoms with E-state index in [-0.39, 0.29) is 5.41 Å². The Bertz CT molecular complexity index is 579. The second-order valence-electron chi connectivity index (χ2n) is 5.53. The van der Waals surface area contributed by atoms with Crippen LogP contribution >= 0.6 is 0 Å². The lowest BCUT2D eigenvalue weighted by Gasteiger charge is -2.35. The Hall–Kier alpha value is -1.74. The SMILES string of the molecule is OC(c1ccncc1F)C1(c2ccccc2)CCCC1. The Morgan fingerprint density at radius 3 is 2.45 bits per heavy atom. The van der Waals surface area contributed by atoms with Crippen LogP contribution < -0.4 is 0 Å². The van der Waals surface area contributed by atoms with Gasteiger partial charge in [0.1, 0.15) is 5.82 Å². The molecule has 1 aromatic heterocycles. The number of halogens is 1. The Balaban J connectivity index is 2.06. The summed E-state index contributed by atoms with van der Waals surface area (Å²) < 4.78 is 14.0. The molecule has 0 amide bonds. The molecule has 0 bridgehead atoms. The molecule has 3 rings (SSSR count). The maximum absolute atomic E-state index is 14.0. The summed E-state index contributed by atoms with van der Waals surface area (Å²) in [6.07, 6.45) is 5.80. The van der Waals surface area contributed by atoms with Gasteiger partial charge in [0, 0.05) is 17.2 Å². The van der Waals surface area contributed by atoms with Gasteiger partial charge in [0.25, 0.3) is 0 Å². The van der Waals surface area contributed by atoms with Crippen LogP contribution in [0.4, 0.5) is 4.39 Å². The molecule has 104 valence electrons. The fourth-order valence-electron chi connectivity index (χ4n) is 3.40.